The number of hydrogen-bond donors (Lipinski definition) is 1. The lowest BCUT2D eigenvalue weighted by atomic mass is 9.89. The number of nitrogens with zero attached hydrogens (tertiary/aromatic N) is 1. The van der Waals surface area contributed by atoms with Crippen molar-refractivity contribution >= 4 is 5.91 Å². The molecule has 3 heteroatoms. The van der Waals surface area contributed by atoms with Gasteiger partial charge in [0.05, 0.1) is 6.54 Å². The third-order valence-corrected chi connectivity index (χ3v) is 4.93. The summed E-state index contributed by atoms with van der Waals surface area (Å²) >= 11 is 0. The van der Waals surface area contributed by atoms with Gasteiger partial charge in [-0.05, 0) is 45.2 Å². The van der Waals surface area contributed by atoms with Gasteiger partial charge in [0.25, 0.3) is 0 Å². The lowest BCUT2D eigenvalue weighted by Gasteiger charge is -2.26. The molecule has 1 saturated carbocycles. The molecule has 0 spiro atoms. The van der Waals surface area contributed by atoms with Crippen molar-refractivity contribution in [2.75, 3.05) is 20.1 Å². The Kier molecular flexibility index (Phi) is 6.44. The molecule has 22 heavy (non-hydrogen) atoms. The van der Waals surface area contributed by atoms with Gasteiger partial charge in [-0.15, -0.1) is 0 Å². The quantitative estimate of drug-likeness (QED) is 0.869. The average molecular weight is 302 g/mol. The Balaban J connectivity index is 1.76. The second-order valence-corrected chi connectivity index (χ2v) is 6.81. The van der Waals surface area contributed by atoms with Crippen molar-refractivity contribution in [1.82, 2.24) is 10.2 Å². The van der Waals surface area contributed by atoms with E-state index in [-0.39, 0.29) is 11.9 Å². The Labute approximate surface area is 135 Å². The predicted molar refractivity (Wildman–Crippen MR) is 91.8 cm³/mol. The van der Waals surface area contributed by atoms with Crippen molar-refractivity contribution < 1.29 is 4.79 Å². The van der Waals surface area contributed by atoms with Crippen molar-refractivity contribution in [1.29, 1.82) is 0 Å². The second kappa shape index (κ2) is 8.33. The molecule has 1 N–H and O–H groups in total. The molecule has 1 unspecified atom stereocenters. The minimum atomic E-state index is 0.145. The summed E-state index contributed by atoms with van der Waals surface area (Å²) in [5.74, 6) is 0.838. The highest BCUT2D eigenvalue weighted by Gasteiger charge is 2.17. The molecule has 0 aromatic heterocycles. The molecule has 122 valence electrons. The molecule has 1 aromatic carbocycles. The Morgan fingerprint density at radius 3 is 2.50 bits per heavy atom. The zero-order valence-corrected chi connectivity index (χ0v) is 14.3. The van der Waals surface area contributed by atoms with Gasteiger partial charge in [0.15, 0.2) is 0 Å². The smallest absolute Gasteiger partial charge is 0.234 e. The molecule has 1 amide bonds. The van der Waals surface area contributed by atoms with Gasteiger partial charge in [0.2, 0.25) is 5.91 Å². The number of carbonyl (C=O) groups excluding carboxylic acids is 1. The number of amides is 1. The molecule has 0 radical (unpaired) electrons. The van der Waals surface area contributed by atoms with Crippen molar-refractivity contribution in [3.8, 4) is 0 Å². The van der Waals surface area contributed by atoms with Crippen LogP contribution in [0.1, 0.15) is 56.2 Å². The van der Waals surface area contributed by atoms with Crippen molar-refractivity contribution in [2.45, 2.75) is 52.0 Å². The van der Waals surface area contributed by atoms with Crippen molar-refractivity contribution in [3.05, 3.63) is 35.4 Å². The van der Waals surface area contributed by atoms with E-state index in [1.165, 1.54) is 43.2 Å². The van der Waals surface area contributed by atoms with Gasteiger partial charge in [0.1, 0.15) is 0 Å². The van der Waals surface area contributed by atoms with Crippen LogP contribution in [0.2, 0.25) is 0 Å². The summed E-state index contributed by atoms with van der Waals surface area (Å²) in [6.07, 6.45) is 6.56. The molecule has 0 saturated heterocycles. The van der Waals surface area contributed by atoms with Crippen LogP contribution in [0, 0.1) is 12.8 Å². The van der Waals surface area contributed by atoms with Crippen LogP contribution in [-0.2, 0) is 4.79 Å². The summed E-state index contributed by atoms with van der Waals surface area (Å²) < 4.78 is 0. The molecule has 1 fully saturated rings. The number of hydrogen-bond acceptors (Lipinski definition) is 2. The first-order chi connectivity index (χ1) is 10.6. The molecule has 0 bridgehead atoms. The van der Waals surface area contributed by atoms with Gasteiger partial charge in [-0.3, -0.25) is 9.69 Å². The largest absolute Gasteiger partial charge is 0.355 e. The van der Waals surface area contributed by atoms with Crippen LogP contribution < -0.4 is 5.32 Å². The first kappa shape index (κ1) is 17.0. The highest BCUT2D eigenvalue weighted by Crippen LogP contribution is 2.23. The van der Waals surface area contributed by atoms with E-state index in [0.717, 1.165) is 6.54 Å². The molecule has 0 aliphatic heterocycles. The number of likely N-dealkylation sites (N-methyl/N-ethyl adjacent to an activating group) is 1. The predicted octanol–water partition coefficient (Wildman–Crippen LogP) is 3.68. The summed E-state index contributed by atoms with van der Waals surface area (Å²) in [5, 5.41) is 3.12. The van der Waals surface area contributed by atoms with Crippen molar-refractivity contribution in [3.63, 3.8) is 0 Å². The lowest BCUT2D eigenvalue weighted by molar-refractivity contribution is -0.122. The zero-order chi connectivity index (χ0) is 15.9. The summed E-state index contributed by atoms with van der Waals surface area (Å²) in [4.78, 5) is 14.2. The van der Waals surface area contributed by atoms with Crippen LogP contribution in [0.3, 0.4) is 0 Å². The van der Waals surface area contributed by atoms with E-state index < -0.39 is 0 Å². The number of nitrogens with one attached hydrogen (secondary N) is 1. The number of carbonyl (C=O) groups is 1. The first-order valence-corrected chi connectivity index (χ1v) is 8.60. The maximum Gasteiger partial charge on any atom is 0.234 e. The van der Waals surface area contributed by atoms with E-state index in [0.29, 0.717) is 12.5 Å². The summed E-state index contributed by atoms with van der Waals surface area (Å²) in [6, 6.07) is 8.81. The third kappa shape index (κ3) is 5.13. The molecular weight excluding hydrogens is 272 g/mol. The maximum absolute atomic E-state index is 12.1. The van der Waals surface area contributed by atoms with Crippen LogP contribution in [0.25, 0.3) is 0 Å². The monoisotopic (exact) mass is 302 g/mol. The van der Waals surface area contributed by atoms with Crippen LogP contribution in [0.5, 0.6) is 0 Å². The standard InChI is InChI=1S/C19H30N2O/c1-15-9-11-18(12-10-15)16(2)21(3)14-19(22)20-13-17-7-5-4-6-8-17/h9-12,16-17H,4-8,13-14H2,1-3H3,(H,20,22). The van der Waals surface area contributed by atoms with Crippen LogP contribution in [0.4, 0.5) is 0 Å². The number of benzene rings is 1. The van der Waals surface area contributed by atoms with Gasteiger partial charge < -0.3 is 5.32 Å². The summed E-state index contributed by atoms with van der Waals surface area (Å²) in [5.41, 5.74) is 2.53. The van der Waals surface area contributed by atoms with Crippen LogP contribution >= 0.6 is 0 Å². The molecule has 1 aliphatic carbocycles. The SMILES string of the molecule is Cc1ccc(C(C)N(C)CC(=O)NCC2CCCCC2)cc1. The normalized spacial score (nSPS) is 17.5. The van der Waals surface area contributed by atoms with Crippen LogP contribution in [-0.4, -0.2) is 30.9 Å². The molecule has 2 rings (SSSR count). The number of aryl methyl sites for hydroxylation is 1. The maximum atomic E-state index is 12.1. The van der Waals surface area contributed by atoms with E-state index in [1.54, 1.807) is 0 Å². The van der Waals surface area contributed by atoms with Crippen LogP contribution in [0.15, 0.2) is 24.3 Å². The fourth-order valence-electron chi connectivity index (χ4n) is 3.17. The first-order valence-electron chi connectivity index (χ1n) is 8.60. The fourth-order valence-corrected chi connectivity index (χ4v) is 3.17. The van der Waals surface area contributed by atoms with E-state index in [9.17, 15) is 4.79 Å². The third-order valence-electron chi connectivity index (χ3n) is 4.93. The average Bonchev–Trinajstić information content (AvgIpc) is 2.54. The molecule has 1 atom stereocenters. The highest BCUT2D eigenvalue weighted by molar-refractivity contribution is 5.78. The second-order valence-electron chi connectivity index (χ2n) is 6.81. The van der Waals surface area contributed by atoms with Gasteiger partial charge in [-0.25, -0.2) is 0 Å². The van der Waals surface area contributed by atoms with Gasteiger partial charge in [0, 0.05) is 12.6 Å². The minimum Gasteiger partial charge on any atom is -0.355 e. The Hall–Kier alpha value is -1.35. The van der Waals surface area contributed by atoms with Crippen molar-refractivity contribution in [2.24, 2.45) is 5.92 Å². The molecule has 1 aliphatic rings. The Bertz CT molecular complexity index is 463. The summed E-state index contributed by atoms with van der Waals surface area (Å²) in [6.45, 7) is 5.56. The fraction of sp³-hybridized carbons (Fsp3) is 0.632. The van der Waals surface area contributed by atoms with E-state index in [4.69, 9.17) is 0 Å². The molecule has 0 heterocycles. The highest BCUT2D eigenvalue weighted by atomic mass is 16.2. The molecule has 1 aromatic rings. The molecular formula is C19H30N2O. The topological polar surface area (TPSA) is 32.3 Å². The number of rotatable bonds is 6. The van der Waals surface area contributed by atoms with Gasteiger partial charge in [-0.2, -0.15) is 0 Å². The Morgan fingerprint density at radius 2 is 1.86 bits per heavy atom. The van der Waals surface area contributed by atoms with E-state index in [2.05, 4.69) is 48.3 Å². The summed E-state index contributed by atoms with van der Waals surface area (Å²) in [7, 11) is 2.02. The minimum absolute atomic E-state index is 0.145. The van der Waals surface area contributed by atoms with E-state index in [1.807, 2.05) is 7.05 Å². The van der Waals surface area contributed by atoms with Gasteiger partial charge >= 0.3 is 0 Å². The Morgan fingerprint density at radius 1 is 1.23 bits per heavy atom. The molecule has 3 nitrogen and oxygen atoms in total. The van der Waals surface area contributed by atoms with E-state index >= 15 is 0 Å². The lowest BCUT2D eigenvalue weighted by Crippen LogP contribution is -2.38. The zero-order valence-electron chi connectivity index (χ0n) is 14.3. The van der Waals surface area contributed by atoms with Gasteiger partial charge in [-0.1, -0.05) is 49.1 Å².